The van der Waals surface area contributed by atoms with Crippen LogP contribution in [0, 0.1) is 0 Å². The van der Waals surface area contributed by atoms with Gasteiger partial charge in [-0.1, -0.05) is 13.3 Å². The first-order valence-corrected chi connectivity index (χ1v) is 6.35. The number of likely N-dealkylation sites (N-methyl/N-ethyl adjacent to an activating group) is 1. The Morgan fingerprint density at radius 3 is 2.80 bits per heavy atom. The van der Waals surface area contributed by atoms with Crippen molar-refractivity contribution in [1.82, 2.24) is 9.88 Å². The van der Waals surface area contributed by atoms with Crippen molar-refractivity contribution in [3.8, 4) is 0 Å². The highest BCUT2D eigenvalue weighted by atomic mass is 32.1. The van der Waals surface area contributed by atoms with E-state index in [2.05, 4.69) is 36.2 Å². The van der Waals surface area contributed by atoms with E-state index >= 15 is 0 Å². The van der Waals surface area contributed by atoms with Crippen LogP contribution in [0.2, 0.25) is 0 Å². The van der Waals surface area contributed by atoms with Gasteiger partial charge < -0.3 is 5.73 Å². The van der Waals surface area contributed by atoms with Gasteiger partial charge in [-0.15, -0.1) is 11.3 Å². The smallest absolute Gasteiger partial charge is 0.0795 e. The van der Waals surface area contributed by atoms with Gasteiger partial charge in [0, 0.05) is 24.0 Å². The van der Waals surface area contributed by atoms with E-state index in [1.165, 1.54) is 0 Å². The van der Waals surface area contributed by atoms with E-state index in [9.17, 15) is 0 Å². The lowest BCUT2D eigenvalue weighted by atomic mass is 9.94. The fourth-order valence-electron chi connectivity index (χ4n) is 1.74. The van der Waals surface area contributed by atoms with Gasteiger partial charge in [0.15, 0.2) is 0 Å². The fourth-order valence-corrected chi connectivity index (χ4v) is 2.29. The van der Waals surface area contributed by atoms with Gasteiger partial charge >= 0.3 is 0 Å². The Morgan fingerprint density at radius 1 is 1.60 bits per heavy atom. The summed E-state index contributed by atoms with van der Waals surface area (Å²) in [6.45, 7) is 6.01. The van der Waals surface area contributed by atoms with Gasteiger partial charge in [0.1, 0.15) is 0 Å². The first-order valence-electron chi connectivity index (χ1n) is 5.40. The second kappa shape index (κ2) is 5.58. The highest BCUT2D eigenvalue weighted by Gasteiger charge is 2.26. The van der Waals surface area contributed by atoms with Crippen LogP contribution in [0.25, 0.3) is 0 Å². The molecule has 0 saturated carbocycles. The van der Waals surface area contributed by atoms with Crippen LogP contribution in [-0.2, 0) is 6.54 Å². The first-order chi connectivity index (χ1) is 7.12. The minimum Gasteiger partial charge on any atom is -0.329 e. The summed E-state index contributed by atoms with van der Waals surface area (Å²) in [5.41, 5.74) is 8.97. The summed E-state index contributed by atoms with van der Waals surface area (Å²) in [4.78, 5) is 6.61. The molecule has 2 N–H and O–H groups in total. The Hall–Kier alpha value is -0.450. The summed E-state index contributed by atoms with van der Waals surface area (Å²) in [5, 5.41) is 2.10. The highest BCUT2D eigenvalue weighted by Crippen LogP contribution is 2.20. The molecule has 0 fully saturated rings. The molecule has 4 heteroatoms. The zero-order valence-electron chi connectivity index (χ0n) is 9.86. The molecule has 3 nitrogen and oxygen atoms in total. The van der Waals surface area contributed by atoms with E-state index in [0.717, 1.165) is 25.1 Å². The molecule has 0 amide bonds. The van der Waals surface area contributed by atoms with Gasteiger partial charge in [0.2, 0.25) is 0 Å². The topological polar surface area (TPSA) is 42.1 Å². The number of nitrogens with two attached hydrogens (primary N) is 1. The van der Waals surface area contributed by atoms with Crippen molar-refractivity contribution in [2.45, 2.75) is 38.8 Å². The van der Waals surface area contributed by atoms with Gasteiger partial charge in [-0.2, -0.15) is 0 Å². The predicted octanol–water partition coefficient (Wildman–Crippen LogP) is 2.09. The second-order valence-electron chi connectivity index (χ2n) is 4.29. The van der Waals surface area contributed by atoms with Crippen molar-refractivity contribution >= 4 is 11.3 Å². The zero-order valence-corrected chi connectivity index (χ0v) is 10.7. The summed E-state index contributed by atoms with van der Waals surface area (Å²) in [6, 6.07) is 0. The van der Waals surface area contributed by atoms with E-state index in [-0.39, 0.29) is 5.54 Å². The lowest BCUT2D eigenvalue weighted by Crippen LogP contribution is -2.49. The Bertz CT molecular complexity index is 273. The molecule has 1 unspecified atom stereocenters. The van der Waals surface area contributed by atoms with Crippen LogP contribution in [0.1, 0.15) is 32.4 Å². The van der Waals surface area contributed by atoms with Crippen LogP contribution in [0.3, 0.4) is 0 Å². The summed E-state index contributed by atoms with van der Waals surface area (Å²) in [7, 11) is 2.13. The first kappa shape index (κ1) is 12.6. The van der Waals surface area contributed by atoms with Gasteiger partial charge in [-0.3, -0.25) is 4.90 Å². The lowest BCUT2D eigenvalue weighted by Gasteiger charge is -2.37. The van der Waals surface area contributed by atoms with Crippen molar-refractivity contribution < 1.29 is 0 Å². The molecular weight excluding hydrogens is 206 g/mol. The molecule has 86 valence electrons. The van der Waals surface area contributed by atoms with Crippen molar-refractivity contribution in [2.24, 2.45) is 5.73 Å². The van der Waals surface area contributed by atoms with Crippen LogP contribution in [-0.4, -0.2) is 29.0 Å². The Labute approximate surface area is 96.3 Å². The number of hydrogen-bond acceptors (Lipinski definition) is 4. The molecular formula is C11H21N3S. The summed E-state index contributed by atoms with van der Waals surface area (Å²) >= 11 is 1.64. The minimum atomic E-state index is 0.0956. The Morgan fingerprint density at radius 2 is 2.33 bits per heavy atom. The van der Waals surface area contributed by atoms with Crippen LogP contribution < -0.4 is 5.73 Å². The minimum absolute atomic E-state index is 0.0956. The molecule has 0 bridgehead atoms. The normalized spacial score (nSPS) is 15.5. The van der Waals surface area contributed by atoms with Crippen molar-refractivity contribution in [3.05, 3.63) is 16.6 Å². The molecule has 1 aromatic heterocycles. The van der Waals surface area contributed by atoms with Crippen molar-refractivity contribution in [2.75, 3.05) is 13.6 Å². The van der Waals surface area contributed by atoms with Crippen LogP contribution >= 0.6 is 11.3 Å². The van der Waals surface area contributed by atoms with E-state index < -0.39 is 0 Å². The molecule has 0 saturated heterocycles. The molecule has 15 heavy (non-hydrogen) atoms. The van der Waals surface area contributed by atoms with E-state index in [1.807, 2.05) is 5.51 Å². The third kappa shape index (κ3) is 3.26. The third-order valence-electron chi connectivity index (χ3n) is 3.03. The quantitative estimate of drug-likeness (QED) is 0.809. The highest BCUT2D eigenvalue weighted by molar-refractivity contribution is 7.07. The standard InChI is InChI=1S/C11H21N3S/c1-4-5-11(2,8-12)14(3)6-10-7-15-9-13-10/h7,9H,4-6,8,12H2,1-3H3. The third-order valence-corrected chi connectivity index (χ3v) is 3.67. The average molecular weight is 227 g/mol. The molecule has 0 aliphatic carbocycles. The van der Waals surface area contributed by atoms with Crippen molar-refractivity contribution in [3.63, 3.8) is 0 Å². The van der Waals surface area contributed by atoms with Crippen LogP contribution in [0.4, 0.5) is 0 Å². The molecule has 0 aromatic carbocycles. The van der Waals surface area contributed by atoms with Crippen molar-refractivity contribution in [1.29, 1.82) is 0 Å². The Balaban J connectivity index is 2.60. The largest absolute Gasteiger partial charge is 0.329 e. The second-order valence-corrected chi connectivity index (χ2v) is 5.01. The molecule has 1 heterocycles. The SMILES string of the molecule is CCCC(C)(CN)N(C)Cc1cscn1. The number of nitrogens with zero attached hydrogens (tertiary/aromatic N) is 2. The van der Waals surface area contributed by atoms with E-state index in [1.54, 1.807) is 11.3 Å². The number of hydrogen-bond donors (Lipinski definition) is 1. The monoisotopic (exact) mass is 227 g/mol. The molecule has 1 aromatic rings. The van der Waals surface area contributed by atoms with E-state index in [0.29, 0.717) is 6.54 Å². The van der Waals surface area contributed by atoms with Gasteiger partial charge in [0.25, 0.3) is 0 Å². The summed E-state index contributed by atoms with van der Waals surface area (Å²) in [6.07, 6.45) is 2.29. The van der Waals surface area contributed by atoms with Gasteiger partial charge in [0.05, 0.1) is 11.2 Å². The maximum absolute atomic E-state index is 5.86. The molecule has 0 aliphatic heterocycles. The lowest BCUT2D eigenvalue weighted by molar-refractivity contribution is 0.124. The molecule has 0 spiro atoms. The van der Waals surface area contributed by atoms with Gasteiger partial charge in [-0.25, -0.2) is 4.98 Å². The van der Waals surface area contributed by atoms with E-state index in [4.69, 9.17) is 5.73 Å². The number of rotatable bonds is 6. The molecule has 0 aliphatic rings. The Kier molecular flexibility index (Phi) is 4.70. The maximum Gasteiger partial charge on any atom is 0.0795 e. The zero-order chi connectivity index (χ0) is 11.3. The molecule has 0 radical (unpaired) electrons. The van der Waals surface area contributed by atoms with Crippen LogP contribution in [0.15, 0.2) is 10.9 Å². The summed E-state index contributed by atoms with van der Waals surface area (Å²) < 4.78 is 0. The fraction of sp³-hybridized carbons (Fsp3) is 0.727. The summed E-state index contributed by atoms with van der Waals surface area (Å²) in [5.74, 6) is 0. The predicted molar refractivity (Wildman–Crippen MR) is 65.9 cm³/mol. The molecule has 1 rings (SSSR count). The van der Waals surface area contributed by atoms with Gasteiger partial charge in [-0.05, 0) is 20.4 Å². The number of thiazole rings is 1. The maximum atomic E-state index is 5.86. The van der Waals surface area contributed by atoms with Crippen LogP contribution in [0.5, 0.6) is 0 Å². The number of aromatic nitrogens is 1. The average Bonchev–Trinajstić information content (AvgIpc) is 2.70. The molecule has 1 atom stereocenters.